The summed E-state index contributed by atoms with van der Waals surface area (Å²) in [6.07, 6.45) is 9.30. The monoisotopic (exact) mass is 436 g/mol. The molecule has 2 aromatic carbocycles. The molecule has 0 bridgehead atoms. The number of hydrogen-bond acceptors (Lipinski definition) is 5. The number of anilines is 1. The minimum atomic E-state index is 0.722. The molecular formula is C27H28N6. The van der Waals surface area contributed by atoms with Crippen molar-refractivity contribution in [1.82, 2.24) is 19.9 Å². The standard InChI is InChI=1S/C27H28N6/c28-17-21-9-10-26-25(16-21)23(18-29-26)8-4-5-11-32-12-14-33(15-13-32)27-30-19-24(20-31-27)22-6-2-1-3-7-22/h1-3,6-7,9-10,16,18-20,29H,4-5,8,11-15H2. The molecule has 6 nitrogen and oxygen atoms in total. The Morgan fingerprint density at radius 1 is 0.909 bits per heavy atom. The molecule has 166 valence electrons. The van der Waals surface area contributed by atoms with Crippen LogP contribution in [0, 0.1) is 11.3 Å². The summed E-state index contributed by atoms with van der Waals surface area (Å²) in [5, 5.41) is 10.3. The van der Waals surface area contributed by atoms with Crippen molar-refractivity contribution in [2.24, 2.45) is 0 Å². The van der Waals surface area contributed by atoms with Crippen molar-refractivity contribution in [3.63, 3.8) is 0 Å². The molecule has 6 heteroatoms. The third kappa shape index (κ3) is 4.89. The number of H-pyrrole nitrogens is 1. The highest BCUT2D eigenvalue weighted by atomic mass is 15.3. The zero-order valence-corrected chi connectivity index (χ0v) is 18.7. The van der Waals surface area contributed by atoms with Gasteiger partial charge in [0.25, 0.3) is 0 Å². The van der Waals surface area contributed by atoms with E-state index in [0.29, 0.717) is 0 Å². The van der Waals surface area contributed by atoms with Crippen molar-refractivity contribution >= 4 is 16.9 Å². The molecule has 1 fully saturated rings. The van der Waals surface area contributed by atoms with E-state index in [4.69, 9.17) is 5.26 Å². The first-order valence-corrected chi connectivity index (χ1v) is 11.6. The van der Waals surface area contributed by atoms with Gasteiger partial charge in [-0.25, -0.2) is 9.97 Å². The van der Waals surface area contributed by atoms with Crippen LogP contribution >= 0.6 is 0 Å². The summed E-state index contributed by atoms with van der Waals surface area (Å²) in [7, 11) is 0. The molecule has 4 aromatic rings. The number of nitrogens with zero attached hydrogens (tertiary/aromatic N) is 5. The molecule has 33 heavy (non-hydrogen) atoms. The largest absolute Gasteiger partial charge is 0.361 e. The summed E-state index contributed by atoms with van der Waals surface area (Å²) in [6, 6.07) is 18.4. The van der Waals surface area contributed by atoms with E-state index in [9.17, 15) is 0 Å². The van der Waals surface area contributed by atoms with Gasteiger partial charge in [-0.15, -0.1) is 0 Å². The molecule has 1 N–H and O–H groups in total. The second kappa shape index (κ2) is 9.85. The molecule has 0 atom stereocenters. The summed E-state index contributed by atoms with van der Waals surface area (Å²) in [4.78, 5) is 17.4. The van der Waals surface area contributed by atoms with Gasteiger partial charge in [-0.2, -0.15) is 5.26 Å². The average Bonchev–Trinajstić information content (AvgIpc) is 3.29. The smallest absolute Gasteiger partial charge is 0.225 e. The maximum Gasteiger partial charge on any atom is 0.225 e. The third-order valence-electron chi connectivity index (χ3n) is 6.47. The van der Waals surface area contributed by atoms with Crippen molar-refractivity contribution in [1.29, 1.82) is 5.26 Å². The van der Waals surface area contributed by atoms with Crippen molar-refractivity contribution in [2.45, 2.75) is 19.3 Å². The van der Waals surface area contributed by atoms with Gasteiger partial charge in [0.1, 0.15) is 0 Å². The van der Waals surface area contributed by atoms with E-state index in [1.807, 2.05) is 48.8 Å². The minimum absolute atomic E-state index is 0.722. The average molecular weight is 437 g/mol. The lowest BCUT2D eigenvalue weighted by atomic mass is 10.1. The summed E-state index contributed by atoms with van der Waals surface area (Å²) >= 11 is 0. The number of rotatable bonds is 7. The molecule has 3 heterocycles. The zero-order valence-electron chi connectivity index (χ0n) is 18.7. The molecule has 0 spiro atoms. The fourth-order valence-electron chi connectivity index (χ4n) is 4.54. The molecule has 5 rings (SSSR count). The minimum Gasteiger partial charge on any atom is -0.361 e. The highest BCUT2D eigenvalue weighted by molar-refractivity contribution is 5.84. The lowest BCUT2D eigenvalue weighted by Gasteiger charge is -2.34. The van der Waals surface area contributed by atoms with Crippen LogP contribution in [-0.4, -0.2) is 52.6 Å². The number of fused-ring (bicyclic) bond motifs is 1. The Labute approximate surface area is 194 Å². The van der Waals surface area contributed by atoms with E-state index in [1.54, 1.807) is 0 Å². The van der Waals surface area contributed by atoms with Crippen LogP contribution in [0.15, 0.2) is 67.1 Å². The molecule has 0 amide bonds. The number of nitrogens with one attached hydrogen (secondary N) is 1. The summed E-state index contributed by atoms with van der Waals surface area (Å²) in [5.74, 6) is 0.824. The van der Waals surface area contributed by atoms with Crippen molar-refractivity contribution in [2.75, 3.05) is 37.6 Å². The van der Waals surface area contributed by atoms with E-state index in [1.165, 1.54) is 17.4 Å². The van der Waals surface area contributed by atoms with Gasteiger partial charge in [-0.3, -0.25) is 4.90 Å². The molecule has 1 aliphatic rings. The second-order valence-corrected chi connectivity index (χ2v) is 8.61. The zero-order chi connectivity index (χ0) is 22.5. The first kappa shape index (κ1) is 21.2. The van der Waals surface area contributed by atoms with Crippen LogP contribution in [0.4, 0.5) is 5.95 Å². The molecule has 1 saturated heterocycles. The number of aromatic nitrogens is 3. The molecular weight excluding hydrogens is 408 g/mol. The Bertz CT molecular complexity index is 1230. The summed E-state index contributed by atoms with van der Waals surface area (Å²) < 4.78 is 0. The Kier molecular flexibility index (Phi) is 6.32. The van der Waals surface area contributed by atoms with E-state index in [-0.39, 0.29) is 0 Å². The number of benzene rings is 2. The van der Waals surface area contributed by atoms with Gasteiger partial charge in [0.05, 0.1) is 11.6 Å². The normalized spacial score (nSPS) is 14.5. The van der Waals surface area contributed by atoms with Gasteiger partial charge in [-0.1, -0.05) is 30.3 Å². The Morgan fingerprint density at radius 2 is 1.70 bits per heavy atom. The fourth-order valence-corrected chi connectivity index (χ4v) is 4.54. The summed E-state index contributed by atoms with van der Waals surface area (Å²) in [5.41, 5.74) is 5.34. The maximum atomic E-state index is 9.16. The highest BCUT2D eigenvalue weighted by Crippen LogP contribution is 2.22. The lowest BCUT2D eigenvalue weighted by molar-refractivity contribution is 0.252. The van der Waals surface area contributed by atoms with Gasteiger partial charge in [0, 0.05) is 61.2 Å². The predicted octanol–water partition coefficient (Wildman–Crippen LogP) is 4.64. The van der Waals surface area contributed by atoms with Gasteiger partial charge in [0.15, 0.2) is 0 Å². The molecule has 2 aromatic heterocycles. The van der Waals surface area contributed by atoms with Crippen LogP contribution in [0.1, 0.15) is 24.0 Å². The van der Waals surface area contributed by atoms with E-state index >= 15 is 0 Å². The van der Waals surface area contributed by atoms with Gasteiger partial charge < -0.3 is 9.88 Å². The fraction of sp³-hybridized carbons (Fsp3) is 0.296. The van der Waals surface area contributed by atoms with Gasteiger partial charge in [0.2, 0.25) is 5.95 Å². The van der Waals surface area contributed by atoms with Crippen LogP contribution in [0.5, 0.6) is 0 Å². The van der Waals surface area contributed by atoms with Gasteiger partial charge >= 0.3 is 0 Å². The van der Waals surface area contributed by atoms with E-state index in [2.05, 4.69) is 49.2 Å². The maximum absolute atomic E-state index is 9.16. The molecule has 0 radical (unpaired) electrons. The van der Waals surface area contributed by atoms with E-state index < -0.39 is 0 Å². The van der Waals surface area contributed by atoms with Crippen LogP contribution in [0.25, 0.3) is 22.0 Å². The van der Waals surface area contributed by atoms with Crippen molar-refractivity contribution in [3.8, 4) is 17.2 Å². The quantitative estimate of drug-likeness (QED) is 0.427. The first-order chi connectivity index (χ1) is 16.3. The number of aryl methyl sites for hydroxylation is 1. The number of nitriles is 1. The van der Waals surface area contributed by atoms with Crippen molar-refractivity contribution in [3.05, 3.63) is 78.2 Å². The molecule has 1 aliphatic heterocycles. The third-order valence-corrected chi connectivity index (χ3v) is 6.47. The van der Waals surface area contributed by atoms with Crippen molar-refractivity contribution < 1.29 is 0 Å². The topological polar surface area (TPSA) is 71.8 Å². The number of aromatic amines is 1. The number of piperazine rings is 1. The molecule has 0 saturated carbocycles. The number of unbranched alkanes of at least 4 members (excludes halogenated alkanes) is 1. The Balaban J connectivity index is 1.07. The Hall–Kier alpha value is -3.69. The van der Waals surface area contributed by atoms with Gasteiger partial charge in [-0.05, 0) is 55.1 Å². The molecule has 0 unspecified atom stereocenters. The first-order valence-electron chi connectivity index (χ1n) is 11.6. The summed E-state index contributed by atoms with van der Waals surface area (Å²) in [6.45, 7) is 5.13. The van der Waals surface area contributed by atoms with Crippen LogP contribution in [-0.2, 0) is 6.42 Å². The van der Waals surface area contributed by atoms with Crippen LogP contribution in [0.3, 0.4) is 0 Å². The Morgan fingerprint density at radius 3 is 2.45 bits per heavy atom. The van der Waals surface area contributed by atoms with Crippen LogP contribution < -0.4 is 4.90 Å². The van der Waals surface area contributed by atoms with Crippen LogP contribution in [0.2, 0.25) is 0 Å². The SMILES string of the molecule is N#Cc1ccc2[nH]cc(CCCCN3CCN(c4ncc(-c5ccccc5)cn4)CC3)c2c1. The lowest BCUT2D eigenvalue weighted by Crippen LogP contribution is -2.47. The number of hydrogen-bond donors (Lipinski definition) is 1. The highest BCUT2D eigenvalue weighted by Gasteiger charge is 2.18. The molecule has 0 aliphatic carbocycles. The second-order valence-electron chi connectivity index (χ2n) is 8.61. The predicted molar refractivity (Wildman–Crippen MR) is 132 cm³/mol. The van der Waals surface area contributed by atoms with E-state index in [0.717, 1.165) is 73.7 Å².